The van der Waals surface area contributed by atoms with Crippen molar-refractivity contribution in [3.8, 4) is 17.0 Å². The summed E-state index contributed by atoms with van der Waals surface area (Å²) in [7, 11) is 0. The minimum absolute atomic E-state index is 0.133. The van der Waals surface area contributed by atoms with Gasteiger partial charge in [-0.05, 0) is 43.2 Å². The van der Waals surface area contributed by atoms with Crippen molar-refractivity contribution in [1.29, 1.82) is 0 Å². The maximum absolute atomic E-state index is 13.0. The van der Waals surface area contributed by atoms with E-state index in [4.69, 9.17) is 4.42 Å². The van der Waals surface area contributed by atoms with Gasteiger partial charge in [-0.15, -0.1) is 16.4 Å². The molecule has 0 aliphatic heterocycles. The van der Waals surface area contributed by atoms with Crippen molar-refractivity contribution in [3.63, 3.8) is 0 Å². The average molecular weight is 569 g/mol. The molecule has 1 saturated carbocycles. The van der Waals surface area contributed by atoms with E-state index in [-0.39, 0.29) is 23.0 Å². The van der Waals surface area contributed by atoms with Crippen LogP contribution < -0.4 is 10.4 Å². The number of fused-ring (bicyclic) bond motifs is 1. The monoisotopic (exact) mass is 568 g/mol. The van der Waals surface area contributed by atoms with Gasteiger partial charge >= 0.3 is 5.63 Å². The number of rotatable bonds is 5. The number of benzene rings is 2. The second-order valence-electron chi connectivity index (χ2n) is 8.54. The summed E-state index contributed by atoms with van der Waals surface area (Å²) in [6.07, 6.45) is 6.52. The van der Waals surface area contributed by atoms with E-state index in [1.54, 1.807) is 6.07 Å². The lowest BCUT2D eigenvalue weighted by molar-refractivity contribution is -0.384. The Bertz CT molecular complexity index is 1610. The van der Waals surface area contributed by atoms with Gasteiger partial charge in [0.1, 0.15) is 11.3 Å². The normalized spacial score (nSPS) is 15.2. The maximum Gasteiger partial charge on any atom is 0.345 e. The molecular weight excluding hydrogens is 548 g/mol. The molecule has 0 unspecified atom stereocenters. The molecule has 184 valence electrons. The van der Waals surface area contributed by atoms with Crippen molar-refractivity contribution in [2.24, 2.45) is 10.2 Å². The lowest BCUT2D eigenvalue weighted by Crippen LogP contribution is -2.24. The van der Waals surface area contributed by atoms with E-state index in [9.17, 15) is 20.0 Å². The number of halogens is 1. The van der Waals surface area contributed by atoms with Crippen LogP contribution in [0.1, 0.15) is 43.7 Å². The fraction of sp³-hybridized carbons (Fsp3) is 0.240. The first kappa shape index (κ1) is 24.1. The lowest BCUT2D eigenvalue weighted by Gasteiger charge is -2.25. The summed E-state index contributed by atoms with van der Waals surface area (Å²) in [5.74, 6) is -0.133. The Morgan fingerprint density at radius 1 is 1.17 bits per heavy atom. The van der Waals surface area contributed by atoms with Crippen LogP contribution in [0.4, 0.5) is 5.69 Å². The highest BCUT2D eigenvalue weighted by molar-refractivity contribution is 9.10. The molecule has 0 radical (unpaired) electrons. The Morgan fingerprint density at radius 3 is 2.75 bits per heavy atom. The Balaban J connectivity index is 1.61. The van der Waals surface area contributed by atoms with Crippen molar-refractivity contribution in [3.05, 3.63) is 83.2 Å². The number of aromatic nitrogens is 1. The van der Waals surface area contributed by atoms with Crippen LogP contribution in [0.5, 0.6) is 5.75 Å². The number of nitrogens with zero attached hydrogens (tertiary/aromatic N) is 4. The number of nitro benzene ring substituents is 1. The van der Waals surface area contributed by atoms with Crippen LogP contribution in [-0.4, -0.2) is 20.8 Å². The zero-order valence-corrected chi connectivity index (χ0v) is 21.4. The molecule has 0 spiro atoms. The molecule has 2 aromatic heterocycles. The standard InChI is InChI=1S/C25H21BrN4O5S/c26-17-6-9-23-15(10-17)12-20(24(32)35-23)21-14-36-25(29(21)18-4-2-1-3-5-18)28-27-13-16-11-19(30(33)34)7-8-22(16)31/h6-14,18,31H,1-5H2/b27-13-,28-25+. The predicted molar refractivity (Wildman–Crippen MR) is 142 cm³/mol. The average Bonchev–Trinajstić information content (AvgIpc) is 3.29. The Kier molecular flexibility index (Phi) is 6.84. The molecule has 1 aliphatic carbocycles. The number of hydrogen-bond donors (Lipinski definition) is 1. The first-order valence-corrected chi connectivity index (χ1v) is 13.1. The Hall–Kier alpha value is -3.57. The predicted octanol–water partition coefficient (Wildman–Crippen LogP) is 6.14. The molecule has 0 amide bonds. The number of phenolic OH excluding ortho intramolecular Hbond substituents is 1. The Morgan fingerprint density at radius 2 is 1.97 bits per heavy atom. The second kappa shape index (κ2) is 10.2. The van der Waals surface area contributed by atoms with Crippen molar-refractivity contribution < 1.29 is 14.4 Å². The maximum atomic E-state index is 13.0. The summed E-state index contributed by atoms with van der Waals surface area (Å²) in [6, 6.07) is 11.2. The zero-order chi connectivity index (χ0) is 25.2. The lowest BCUT2D eigenvalue weighted by atomic mass is 9.95. The summed E-state index contributed by atoms with van der Waals surface area (Å²) in [5.41, 5.74) is 1.29. The minimum Gasteiger partial charge on any atom is -0.507 e. The molecule has 11 heteroatoms. The minimum atomic E-state index is -0.538. The number of thiazole rings is 1. The van der Waals surface area contributed by atoms with E-state index < -0.39 is 10.5 Å². The summed E-state index contributed by atoms with van der Waals surface area (Å²) < 4.78 is 8.54. The smallest absolute Gasteiger partial charge is 0.345 e. The van der Waals surface area contributed by atoms with E-state index in [1.165, 1.54) is 42.2 Å². The highest BCUT2D eigenvalue weighted by Gasteiger charge is 2.22. The van der Waals surface area contributed by atoms with Crippen molar-refractivity contribution in [2.45, 2.75) is 38.1 Å². The number of hydrogen-bond acceptors (Lipinski definition) is 8. The molecular formula is C25H21BrN4O5S. The molecule has 1 N–H and O–H groups in total. The Labute approximate surface area is 217 Å². The van der Waals surface area contributed by atoms with E-state index in [0.717, 1.165) is 41.2 Å². The summed E-state index contributed by atoms with van der Waals surface area (Å²) >= 11 is 4.82. The fourth-order valence-electron chi connectivity index (χ4n) is 4.45. The third-order valence-electron chi connectivity index (χ3n) is 6.21. The molecule has 0 atom stereocenters. The molecule has 0 saturated heterocycles. The van der Waals surface area contributed by atoms with Crippen LogP contribution in [0.2, 0.25) is 0 Å². The molecule has 1 fully saturated rings. The molecule has 9 nitrogen and oxygen atoms in total. The first-order chi connectivity index (χ1) is 17.4. The molecule has 0 bridgehead atoms. The van der Waals surface area contributed by atoms with E-state index >= 15 is 0 Å². The van der Waals surface area contributed by atoms with Crippen molar-refractivity contribution in [1.82, 2.24) is 4.57 Å². The van der Waals surface area contributed by atoms with Gasteiger partial charge in [-0.25, -0.2) is 4.79 Å². The summed E-state index contributed by atoms with van der Waals surface area (Å²) in [6.45, 7) is 0. The molecule has 4 aromatic rings. The molecule has 2 heterocycles. The number of non-ortho nitro benzene ring substituents is 1. The summed E-state index contributed by atoms with van der Waals surface area (Å²) in [5, 5.41) is 32.3. The van der Waals surface area contributed by atoms with Crippen LogP contribution in [-0.2, 0) is 0 Å². The molecule has 5 rings (SSSR count). The van der Waals surface area contributed by atoms with E-state index in [0.29, 0.717) is 15.9 Å². The highest BCUT2D eigenvalue weighted by atomic mass is 79.9. The van der Waals surface area contributed by atoms with Gasteiger partial charge in [-0.1, -0.05) is 35.2 Å². The third-order valence-corrected chi connectivity index (χ3v) is 7.54. The van der Waals surface area contributed by atoms with Gasteiger partial charge in [0.25, 0.3) is 5.69 Å². The first-order valence-electron chi connectivity index (χ1n) is 11.4. The third kappa shape index (κ3) is 4.89. The van der Waals surface area contributed by atoms with E-state index in [2.05, 4.69) is 26.1 Å². The van der Waals surface area contributed by atoms with Gasteiger partial charge in [0, 0.05) is 39.0 Å². The summed E-state index contributed by atoms with van der Waals surface area (Å²) in [4.78, 5) is 24.1. The van der Waals surface area contributed by atoms with Crippen LogP contribution in [0.15, 0.2) is 71.7 Å². The van der Waals surface area contributed by atoms with E-state index in [1.807, 2.05) is 28.1 Å². The highest BCUT2D eigenvalue weighted by Crippen LogP contribution is 2.32. The zero-order valence-electron chi connectivity index (χ0n) is 19.0. The van der Waals surface area contributed by atoms with Crippen LogP contribution >= 0.6 is 27.3 Å². The molecule has 36 heavy (non-hydrogen) atoms. The van der Waals surface area contributed by atoms with Crippen LogP contribution in [0, 0.1) is 10.1 Å². The van der Waals surface area contributed by atoms with Crippen molar-refractivity contribution in [2.75, 3.05) is 0 Å². The largest absolute Gasteiger partial charge is 0.507 e. The quantitative estimate of drug-likeness (QED) is 0.134. The van der Waals surface area contributed by atoms with Gasteiger partial charge < -0.3 is 14.1 Å². The van der Waals surface area contributed by atoms with Crippen LogP contribution in [0.25, 0.3) is 22.2 Å². The number of nitro groups is 1. The van der Waals surface area contributed by atoms with Crippen molar-refractivity contribution >= 4 is 50.1 Å². The fourth-order valence-corrected chi connectivity index (χ4v) is 5.75. The van der Waals surface area contributed by atoms with Crippen LogP contribution in [0.3, 0.4) is 0 Å². The van der Waals surface area contributed by atoms with Gasteiger partial charge in [0.2, 0.25) is 4.80 Å². The topological polar surface area (TPSA) is 123 Å². The molecule has 1 aliphatic rings. The van der Waals surface area contributed by atoms with Gasteiger partial charge in [0.05, 0.1) is 22.4 Å². The van der Waals surface area contributed by atoms with Gasteiger partial charge in [-0.3, -0.25) is 10.1 Å². The number of aromatic hydroxyl groups is 1. The van der Waals surface area contributed by atoms with Gasteiger partial charge in [-0.2, -0.15) is 5.10 Å². The van der Waals surface area contributed by atoms with Gasteiger partial charge in [0.15, 0.2) is 0 Å². The second-order valence-corrected chi connectivity index (χ2v) is 10.3. The number of phenols is 1. The SMILES string of the molecule is O=c1oc2ccc(Br)cc2cc1-c1cs/c(=N/N=C\c2cc([N+](=O)[O-])ccc2O)n1C1CCCCC1. The molecule has 2 aromatic carbocycles.